The first-order chi connectivity index (χ1) is 5.94. The number of hydrogen-bond acceptors (Lipinski definition) is 1. The summed E-state index contributed by atoms with van der Waals surface area (Å²) in [4.78, 5) is -0.793. The molecule has 1 rings (SSSR count). The molecule has 0 aliphatic rings. The summed E-state index contributed by atoms with van der Waals surface area (Å²) >= 11 is 4.28. The van der Waals surface area contributed by atoms with Gasteiger partial charge in [0, 0.05) is 5.56 Å². The van der Waals surface area contributed by atoms with E-state index >= 15 is 0 Å². The molecule has 2 N–H and O–H groups in total. The summed E-state index contributed by atoms with van der Waals surface area (Å²) in [6.45, 7) is 1.74. The van der Waals surface area contributed by atoms with E-state index in [2.05, 4.69) is 12.2 Å². The van der Waals surface area contributed by atoms with Crippen molar-refractivity contribution in [2.24, 2.45) is 5.73 Å². The van der Waals surface area contributed by atoms with E-state index in [4.69, 9.17) is 5.73 Å². The van der Waals surface area contributed by atoms with Gasteiger partial charge in [-0.1, -0.05) is 36.0 Å². The molecule has 4 heteroatoms. The third kappa shape index (κ3) is 2.01. The van der Waals surface area contributed by atoms with Crippen molar-refractivity contribution in [3.8, 4) is 0 Å². The van der Waals surface area contributed by atoms with E-state index in [1.54, 1.807) is 19.1 Å². The van der Waals surface area contributed by atoms with E-state index in [1.165, 1.54) is 12.1 Å². The minimum atomic E-state index is -3.21. The van der Waals surface area contributed by atoms with Gasteiger partial charge in [-0.3, -0.25) is 0 Å². The zero-order valence-electron chi connectivity index (χ0n) is 7.05. The second-order valence-corrected chi connectivity index (χ2v) is 3.25. The molecule has 0 fully saturated rings. The van der Waals surface area contributed by atoms with Crippen LogP contribution in [0.3, 0.4) is 0 Å². The van der Waals surface area contributed by atoms with Crippen molar-refractivity contribution >= 4 is 17.2 Å². The van der Waals surface area contributed by atoms with Crippen LogP contribution in [0.2, 0.25) is 0 Å². The summed E-state index contributed by atoms with van der Waals surface area (Å²) in [5.41, 5.74) is 5.54. The van der Waals surface area contributed by atoms with Crippen molar-refractivity contribution < 1.29 is 8.78 Å². The van der Waals surface area contributed by atoms with Gasteiger partial charge in [0.05, 0.1) is 0 Å². The number of thiocarbonyl (C=S) groups is 1. The summed E-state index contributed by atoms with van der Waals surface area (Å²) in [5.74, 6) is -3.21. The minimum Gasteiger partial charge on any atom is -0.388 e. The van der Waals surface area contributed by atoms with Crippen molar-refractivity contribution in [3.05, 3.63) is 35.4 Å². The van der Waals surface area contributed by atoms with Gasteiger partial charge in [0.25, 0.3) is 0 Å². The first-order valence-electron chi connectivity index (χ1n) is 3.69. The lowest BCUT2D eigenvalue weighted by Gasteiger charge is -2.14. The van der Waals surface area contributed by atoms with E-state index < -0.39 is 10.9 Å². The lowest BCUT2D eigenvalue weighted by molar-refractivity contribution is 0.0775. The lowest BCUT2D eigenvalue weighted by Crippen LogP contribution is -2.31. The molecule has 0 bridgehead atoms. The van der Waals surface area contributed by atoms with Crippen LogP contribution in [-0.2, 0) is 5.92 Å². The average Bonchev–Trinajstić information content (AvgIpc) is 2.04. The quantitative estimate of drug-likeness (QED) is 0.743. The summed E-state index contributed by atoms with van der Waals surface area (Å²) < 4.78 is 26.4. The van der Waals surface area contributed by atoms with Gasteiger partial charge in [-0.2, -0.15) is 8.78 Å². The minimum absolute atomic E-state index is 0.153. The molecule has 0 aromatic heterocycles. The van der Waals surface area contributed by atoms with Crippen LogP contribution in [0, 0.1) is 6.92 Å². The molecule has 1 aromatic rings. The van der Waals surface area contributed by atoms with Gasteiger partial charge in [-0.25, -0.2) is 0 Å². The lowest BCUT2D eigenvalue weighted by atomic mass is 10.1. The van der Waals surface area contributed by atoms with Crippen LogP contribution in [0.5, 0.6) is 0 Å². The molecule has 1 nitrogen and oxygen atoms in total. The zero-order chi connectivity index (χ0) is 10.1. The molecular weight excluding hydrogens is 192 g/mol. The number of rotatable bonds is 2. The smallest absolute Gasteiger partial charge is 0.322 e. The number of nitrogens with two attached hydrogens (primary N) is 1. The Morgan fingerprint density at radius 2 is 2.08 bits per heavy atom. The van der Waals surface area contributed by atoms with Gasteiger partial charge in [0.2, 0.25) is 0 Å². The normalized spacial score (nSPS) is 11.3. The van der Waals surface area contributed by atoms with Gasteiger partial charge in [-0.05, 0) is 13.0 Å². The highest BCUT2D eigenvalue weighted by molar-refractivity contribution is 7.80. The molecule has 0 unspecified atom stereocenters. The van der Waals surface area contributed by atoms with E-state index in [0.29, 0.717) is 0 Å². The monoisotopic (exact) mass is 201 g/mol. The molecule has 13 heavy (non-hydrogen) atoms. The van der Waals surface area contributed by atoms with Crippen molar-refractivity contribution in [2.75, 3.05) is 0 Å². The van der Waals surface area contributed by atoms with E-state index in [9.17, 15) is 8.78 Å². The van der Waals surface area contributed by atoms with Crippen molar-refractivity contribution in [1.29, 1.82) is 0 Å². The van der Waals surface area contributed by atoms with Crippen molar-refractivity contribution in [3.63, 3.8) is 0 Å². The largest absolute Gasteiger partial charge is 0.388 e. The fourth-order valence-corrected chi connectivity index (χ4v) is 1.10. The van der Waals surface area contributed by atoms with Crippen molar-refractivity contribution in [2.45, 2.75) is 12.8 Å². The van der Waals surface area contributed by atoms with Gasteiger partial charge in [0.15, 0.2) is 0 Å². The zero-order valence-corrected chi connectivity index (χ0v) is 7.87. The van der Waals surface area contributed by atoms with Crippen LogP contribution in [0.25, 0.3) is 0 Å². The summed E-state index contributed by atoms with van der Waals surface area (Å²) in [5, 5.41) is 0. The molecule has 0 amide bonds. The van der Waals surface area contributed by atoms with E-state index in [-0.39, 0.29) is 5.56 Å². The third-order valence-electron chi connectivity index (χ3n) is 1.69. The molecule has 0 saturated heterocycles. The fourth-order valence-electron chi connectivity index (χ4n) is 0.983. The Bertz CT molecular complexity index is 336. The van der Waals surface area contributed by atoms with Gasteiger partial charge >= 0.3 is 5.92 Å². The first kappa shape index (κ1) is 10.1. The number of hydrogen-bond donors (Lipinski definition) is 1. The van der Waals surface area contributed by atoms with E-state index in [1.807, 2.05) is 0 Å². The Hall–Kier alpha value is -1.03. The molecule has 0 aliphatic heterocycles. The Morgan fingerprint density at radius 1 is 1.46 bits per heavy atom. The molecule has 70 valence electrons. The summed E-state index contributed by atoms with van der Waals surface area (Å²) in [6.07, 6.45) is 0. The third-order valence-corrected chi connectivity index (χ3v) is 1.95. The maximum atomic E-state index is 13.2. The molecule has 0 saturated carbocycles. The maximum absolute atomic E-state index is 13.2. The molecule has 1 aromatic carbocycles. The predicted molar refractivity (Wildman–Crippen MR) is 51.9 cm³/mol. The van der Waals surface area contributed by atoms with E-state index in [0.717, 1.165) is 5.56 Å². The number of halogens is 2. The maximum Gasteiger partial charge on any atom is 0.322 e. The summed E-state index contributed by atoms with van der Waals surface area (Å²) in [6, 6.07) is 5.97. The highest BCUT2D eigenvalue weighted by Gasteiger charge is 2.35. The Kier molecular flexibility index (Phi) is 2.61. The van der Waals surface area contributed by atoms with Crippen LogP contribution in [0.1, 0.15) is 11.1 Å². The Morgan fingerprint density at radius 3 is 2.54 bits per heavy atom. The highest BCUT2D eigenvalue weighted by atomic mass is 32.1. The second kappa shape index (κ2) is 3.38. The number of alkyl halides is 2. The van der Waals surface area contributed by atoms with Crippen LogP contribution in [-0.4, -0.2) is 4.99 Å². The van der Waals surface area contributed by atoms with Crippen molar-refractivity contribution in [1.82, 2.24) is 0 Å². The number of benzene rings is 1. The molecule has 0 aliphatic carbocycles. The molecular formula is C9H9F2NS. The molecule has 0 spiro atoms. The van der Waals surface area contributed by atoms with Crippen LogP contribution in [0.4, 0.5) is 8.78 Å². The van der Waals surface area contributed by atoms with Crippen LogP contribution >= 0.6 is 12.2 Å². The highest BCUT2D eigenvalue weighted by Crippen LogP contribution is 2.28. The van der Waals surface area contributed by atoms with Gasteiger partial charge < -0.3 is 5.73 Å². The topological polar surface area (TPSA) is 26.0 Å². The second-order valence-electron chi connectivity index (χ2n) is 2.81. The van der Waals surface area contributed by atoms with Crippen LogP contribution < -0.4 is 5.73 Å². The van der Waals surface area contributed by atoms with Gasteiger partial charge in [-0.15, -0.1) is 0 Å². The molecule has 0 atom stereocenters. The predicted octanol–water partition coefficient (Wildman–Crippen LogP) is 2.37. The summed E-state index contributed by atoms with van der Waals surface area (Å²) in [7, 11) is 0. The van der Waals surface area contributed by atoms with Gasteiger partial charge in [0.1, 0.15) is 4.99 Å². The first-order valence-corrected chi connectivity index (χ1v) is 4.10. The SMILES string of the molecule is Cc1cccc(C(F)(F)C(N)=S)c1. The average molecular weight is 201 g/mol. The molecule has 0 heterocycles. The Labute approximate surface area is 80.6 Å². The number of aryl methyl sites for hydroxylation is 1. The Balaban J connectivity index is 3.14. The molecule has 0 radical (unpaired) electrons. The fraction of sp³-hybridized carbons (Fsp3) is 0.222. The van der Waals surface area contributed by atoms with Crippen LogP contribution in [0.15, 0.2) is 24.3 Å². The standard InChI is InChI=1S/C9H9F2NS/c1-6-3-2-4-7(5-6)9(10,11)8(12)13/h2-5H,1H3,(H2,12,13).